The molecule has 5 heteroatoms. The van der Waals surface area contributed by atoms with E-state index < -0.39 is 11.6 Å². The molecule has 0 bridgehead atoms. The fourth-order valence-corrected chi connectivity index (χ4v) is 2.09. The van der Waals surface area contributed by atoms with Crippen molar-refractivity contribution in [2.24, 2.45) is 11.0 Å². The molecular weight excluding hydrogens is 238 g/mol. The molecule has 1 aliphatic heterocycles. The lowest BCUT2D eigenvalue weighted by Gasteiger charge is -2.12. The van der Waals surface area contributed by atoms with E-state index >= 15 is 0 Å². The SMILES string of the molecule is O=C1CC(CC2CC2)=NN1c1cc(F)ccc1F. The Kier molecular flexibility index (Phi) is 2.61. The third-order valence-corrected chi connectivity index (χ3v) is 3.19. The number of carbonyl (C=O) groups excluding carboxylic acids is 1. The van der Waals surface area contributed by atoms with Crippen molar-refractivity contribution in [1.29, 1.82) is 0 Å². The van der Waals surface area contributed by atoms with Crippen molar-refractivity contribution in [3.05, 3.63) is 29.8 Å². The van der Waals surface area contributed by atoms with Crippen molar-refractivity contribution in [1.82, 2.24) is 0 Å². The van der Waals surface area contributed by atoms with Gasteiger partial charge in [-0.2, -0.15) is 10.1 Å². The first-order chi connectivity index (χ1) is 8.63. The van der Waals surface area contributed by atoms with Gasteiger partial charge in [-0.15, -0.1) is 0 Å². The van der Waals surface area contributed by atoms with Crippen LogP contribution >= 0.6 is 0 Å². The van der Waals surface area contributed by atoms with E-state index in [1.54, 1.807) is 0 Å². The number of rotatable bonds is 3. The molecule has 1 aromatic rings. The molecule has 0 saturated heterocycles. The van der Waals surface area contributed by atoms with E-state index in [-0.39, 0.29) is 18.0 Å². The molecule has 1 saturated carbocycles. The van der Waals surface area contributed by atoms with Crippen molar-refractivity contribution in [3.8, 4) is 0 Å². The van der Waals surface area contributed by atoms with E-state index in [0.717, 1.165) is 35.3 Å². The minimum absolute atomic E-state index is 0.106. The Morgan fingerprint density at radius 1 is 1.33 bits per heavy atom. The molecule has 2 aliphatic rings. The van der Waals surface area contributed by atoms with Crippen molar-refractivity contribution in [2.45, 2.75) is 25.7 Å². The van der Waals surface area contributed by atoms with Gasteiger partial charge in [-0.05, 0) is 37.3 Å². The van der Waals surface area contributed by atoms with Gasteiger partial charge >= 0.3 is 0 Å². The highest BCUT2D eigenvalue weighted by Crippen LogP contribution is 2.35. The minimum atomic E-state index is -0.638. The summed E-state index contributed by atoms with van der Waals surface area (Å²) in [7, 11) is 0. The number of hydrogen-bond donors (Lipinski definition) is 0. The molecule has 1 fully saturated rings. The standard InChI is InChI=1S/C13H12F2N2O/c14-9-3-4-11(15)12(6-9)17-13(18)7-10(16-17)5-8-1-2-8/h3-4,6,8H,1-2,5,7H2. The van der Waals surface area contributed by atoms with Crippen LogP contribution in [0.3, 0.4) is 0 Å². The van der Waals surface area contributed by atoms with E-state index in [1.807, 2.05) is 0 Å². The van der Waals surface area contributed by atoms with E-state index in [9.17, 15) is 13.6 Å². The summed E-state index contributed by atoms with van der Waals surface area (Å²) in [4.78, 5) is 11.8. The number of benzene rings is 1. The van der Waals surface area contributed by atoms with Crippen molar-refractivity contribution in [2.75, 3.05) is 5.01 Å². The summed E-state index contributed by atoms with van der Waals surface area (Å²) in [5, 5.41) is 5.10. The zero-order valence-electron chi connectivity index (χ0n) is 9.70. The van der Waals surface area contributed by atoms with Gasteiger partial charge in [-0.25, -0.2) is 8.78 Å². The lowest BCUT2D eigenvalue weighted by Crippen LogP contribution is -2.20. The number of hydrogen-bond acceptors (Lipinski definition) is 2. The molecule has 0 N–H and O–H groups in total. The Morgan fingerprint density at radius 3 is 2.83 bits per heavy atom. The molecule has 94 valence electrons. The fraction of sp³-hybridized carbons (Fsp3) is 0.385. The fourth-order valence-electron chi connectivity index (χ4n) is 2.09. The molecule has 1 amide bonds. The topological polar surface area (TPSA) is 32.7 Å². The van der Waals surface area contributed by atoms with Gasteiger partial charge in [-0.1, -0.05) is 0 Å². The molecule has 0 unspecified atom stereocenters. The van der Waals surface area contributed by atoms with Crippen LogP contribution in [0, 0.1) is 17.6 Å². The largest absolute Gasteiger partial charge is 0.272 e. The van der Waals surface area contributed by atoms with Gasteiger partial charge < -0.3 is 0 Å². The summed E-state index contributed by atoms with van der Waals surface area (Å²) in [6.45, 7) is 0. The molecule has 1 heterocycles. The van der Waals surface area contributed by atoms with Crippen LogP contribution in [0.2, 0.25) is 0 Å². The highest BCUT2D eigenvalue weighted by Gasteiger charge is 2.31. The molecule has 1 aromatic carbocycles. The van der Waals surface area contributed by atoms with Crippen molar-refractivity contribution in [3.63, 3.8) is 0 Å². The Labute approximate surface area is 103 Å². The number of carbonyl (C=O) groups is 1. The summed E-state index contributed by atoms with van der Waals surface area (Å²) in [5.74, 6) is -0.893. The van der Waals surface area contributed by atoms with Crippen LogP contribution < -0.4 is 5.01 Å². The van der Waals surface area contributed by atoms with Crippen LogP contribution in [0.25, 0.3) is 0 Å². The average Bonchev–Trinajstić information content (AvgIpc) is 3.06. The first-order valence-electron chi connectivity index (χ1n) is 5.98. The molecule has 3 rings (SSSR count). The summed E-state index contributed by atoms with van der Waals surface area (Å²) in [5.41, 5.74) is 0.664. The van der Waals surface area contributed by atoms with Gasteiger partial charge in [0, 0.05) is 11.8 Å². The summed E-state index contributed by atoms with van der Waals surface area (Å²) >= 11 is 0. The highest BCUT2D eigenvalue weighted by atomic mass is 19.1. The van der Waals surface area contributed by atoms with Crippen LogP contribution in [-0.2, 0) is 4.79 Å². The van der Waals surface area contributed by atoms with Crippen molar-refractivity contribution >= 4 is 17.3 Å². The quantitative estimate of drug-likeness (QED) is 0.811. The number of nitrogens with zero attached hydrogens (tertiary/aromatic N) is 2. The second kappa shape index (κ2) is 4.15. The van der Waals surface area contributed by atoms with Crippen LogP contribution in [0.15, 0.2) is 23.3 Å². The van der Waals surface area contributed by atoms with Crippen LogP contribution in [0.4, 0.5) is 14.5 Å². The maximum Gasteiger partial charge on any atom is 0.253 e. The third-order valence-electron chi connectivity index (χ3n) is 3.19. The van der Waals surface area contributed by atoms with Gasteiger partial charge in [0.25, 0.3) is 5.91 Å². The van der Waals surface area contributed by atoms with Crippen molar-refractivity contribution < 1.29 is 13.6 Å². The van der Waals surface area contributed by atoms with E-state index in [0.29, 0.717) is 5.92 Å². The van der Waals surface area contributed by atoms with Gasteiger partial charge in [0.2, 0.25) is 0 Å². The number of hydrazone groups is 1. The van der Waals surface area contributed by atoms with Gasteiger partial charge in [0.1, 0.15) is 17.3 Å². The predicted octanol–water partition coefficient (Wildman–Crippen LogP) is 2.86. The number of anilines is 1. The predicted molar refractivity (Wildman–Crippen MR) is 63.2 cm³/mol. The molecule has 0 spiro atoms. The van der Waals surface area contributed by atoms with Crippen LogP contribution in [0.5, 0.6) is 0 Å². The van der Waals surface area contributed by atoms with E-state index in [1.165, 1.54) is 12.8 Å². The second-order valence-corrected chi connectivity index (χ2v) is 4.79. The minimum Gasteiger partial charge on any atom is -0.272 e. The molecule has 1 aliphatic carbocycles. The Hall–Kier alpha value is -1.78. The number of amides is 1. The van der Waals surface area contributed by atoms with Gasteiger partial charge in [-0.3, -0.25) is 4.79 Å². The molecular formula is C13H12F2N2O. The Bertz CT molecular complexity index is 538. The van der Waals surface area contributed by atoms with Gasteiger partial charge in [0.15, 0.2) is 0 Å². The monoisotopic (exact) mass is 250 g/mol. The zero-order chi connectivity index (χ0) is 12.7. The normalized spacial score (nSPS) is 19.3. The molecule has 0 aromatic heterocycles. The van der Waals surface area contributed by atoms with Gasteiger partial charge in [0.05, 0.1) is 6.42 Å². The summed E-state index contributed by atoms with van der Waals surface area (Å²) in [6.07, 6.45) is 3.34. The Balaban J connectivity index is 1.88. The van der Waals surface area contributed by atoms with Crippen LogP contribution in [-0.4, -0.2) is 11.6 Å². The van der Waals surface area contributed by atoms with E-state index in [2.05, 4.69) is 5.10 Å². The first-order valence-corrected chi connectivity index (χ1v) is 5.98. The number of halogens is 2. The summed E-state index contributed by atoms with van der Waals surface area (Å²) in [6, 6.07) is 3.03. The smallest absolute Gasteiger partial charge is 0.253 e. The first kappa shape index (κ1) is 11.3. The maximum atomic E-state index is 13.6. The lowest BCUT2D eigenvalue weighted by molar-refractivity contribution is -0.116. The summed E-state index contributed by atoms with van der Waals surface area (Å²) < 4.78 is 26.7. The van der Waals surface area contributed by atoms with Crippen LogP contribution in [0.1, 0.15) is 25.7 Å². The molecule has 18 heavy (non-hydrogen) atoms. The molecule has 0 radical (unpaired) electrons. The zero-order valence-corrected chi connectivity index (χ0v) is 9.70. The molecule has 0 atom stereocenters. The average molecular weight is 250 g/mol. The molecule has 3 nitrogen and oxygen atoms in total. The third kappa shape index (κ3) is 2.12. The maximum absolute atomic E-state index is 13.6. The highest BCUT2D eigenvalue weighted by molar-refractivity contribution is 6.13. The second-order valence-electron chi connectivity index (χ2n) is 4.79. The lowest BCUT2D eigenvalue weighted by atomic mass is 10.1. The van der Waals surface area contributed by atoms with E-state index in [4.69, 9.17) is 0 Å². The Morgan fingerprint density at radius 2 is 2.11 bits per heavy atom.